The number of hydrogen-bond acceptors (Lipinski definition) is 4. The van der Waals surface area contributed by atoms with Gasteiger partial charge in [-0.3, -0.25) is 0 Å². The molecule has 2 heterocycles. The summed E-state index contributed by atoms with van der Waals surface area (Å²) in [4.78, 5) is 25.9. The molecule has 0 atom stereocenters. The summed E-state index contributed by atoms with van der Waals surface area (Å²) in [5.41, 5.74) is 0.0641. The molecule has 1 aliphatic carbocycles. The molecule has 6 heteroatoms. The molecule has 0 aromatic heterocycles. The van der Waals surface area contributed by atoms with E-state index in [1.807, 2.05) is 51.1 Å². The Morgan fingerprint density at radius 3 is 2.54 bits per heavy atom. The molecule has 1 aromatic rings. The number of alkyl carbamates (subject to hydrolysis) is 1. The fourth-order valence-corrected chi connectivity index (χ4v) is 3.32. The molecule has 2 amide bonds. The first kappa shape index (κ1) is 16.6. The fourth-order valence-electron chi connectivity index (χ4n) is 3.32. The van der Waals surface area contributed by atoms with Gasteiger partial charge in [0, 0.05) is 12.6 Å². The predicted molar refractivity (Wildman–Crippen MR) is 88.5 cm³/mol. The van der Waals surface area contributed by atoms with Gasteiger partial charge >= 0.3 is 12.2 Å². The zero-order chi connectivity index (χ0) is 17.4. The minimum absolute atomic E-state index is 0.142. The Morgan fingerprint density at radius 2 is 1.92 bits per heavy atom. The van der Waals surface area contributed by atoms with Crippen LogP contribution in [-0.4, -0.2) is 40.8 Å². The largest absolute Gasteiger partial charge is 0.445 e. The van der Waals surface area contributed by atoms with Gasteiger partial charge in [-0.1, -0.05) is 30.3 Å². The maximum Gasteiger partial charge on any atom is 0.410 e. The number of ether oxygens (including phenoxy) is 2. The molecule has 2 saturated heterocycles. The van der Waals surface area contributed by atoms with Gasteiger partial charge in [-0.25, -0.2) is 9.59 Å². The molecule has 3 aliphatic rings. The fraction of sp³-hybridized carbons (Fsp3) is 0.556. The van der Waals surface area contributed by atoms with Gasteiger partial charge in [0.25, 0.3) is 0 Å². The molecule has 0 unspecified atom stereocenters. The minimum atomic E-state index is -0.531. The topological polar surface area (TPSA) is 67.9 Å². The molecule has 1 saturated carbocycles. The highest BCUT2D eigenvalue weighted by molar-refractivity contribution is 5.72. The van der Waals surface area contributed by atoms with Crippen LogP contribution in [-0.2, 0) is 16.1 Å². The van der Waals surface area contributed by atoms with E-state index in [9.17, 15) is 9.59 Å². The standard InChI is InChI=1S/C18H24N2O4/c1-17(2,3)24-15(21)19-18-9-14(10-18)20(12-18)16(22)23-11-13-7-5-4-6-8-13/h4-8,14H,9-12H2,1-3H3,(H,19,21). The van der Waals surface area contributed by atoms with E-state index >= 15 is 0 Å². The average Bonchev–Trinajstić information content (AvgIpc) is 2.99. The Kier molecular flexibility index (Phi) is 4.15. The molecular formula is C18H24N2O4. The normalized spacial score (nSPS) is 25.0. The summed E-state index contributed by atoms with van der Waals surface area (Å²) < 4.78 is 10.7. The summed E-state index contributed by atoms with van der Waals surface area (Å²) in [6.45, 7) is 6.22. The van der Waals surface area contributed by atoms with Crippen LogP contribution in [0.3, 0.4) is 0 Å². The van der Waals surface area contributed by atoms with Crippen molar-refractivity contribution in [2.45, 2.75) is 57.4 Å². The lowest BCUT2D eigenvalue weighted by Gasteiger charge is -2.37. The number of hydrogen-bond donors (Lipinski definition) is 1. The van der Waals surface area contributed by atoms with Crippen LogP contribution in [0.5, 0.6) is 0 Å². The maximum absolute atomic E-state index is 12.3. The molecule has 1 N–H and O–H groups in total. The Hall–Kier alpha value is -2.24. The summed E-state index contributed by atoms with van der Waals surface area (Å²) in [6.07, 6.45) is 0.758. The Balaban J connectivity index is 1.50. The number of amides is 2. The van der Waals surface area contributed by atoms with Crippen LogP contribution in [0.25, 0.3) is 0 Å². The predicted octanol–water partition coefficient (Wildman–Crippen LogP) is 3.06. The second-order valence-electron chi connectivity index (χ2n) is 7.64. The summed E-state index contributed by atoms with van der Waals surface area (Å²) >= 11 is 0. The highest BCUT2D eigenvalue weighted by Crippen LogP contribution is 2.45. The third kappa shape index (κ3) is 3.63. The van der Waals surface area contributed by atoms with E-state index < -0.39 is 11.7 Å². The van der Waals surface area contributed by atoms with Crippen molar-refractivity contribution in [2.24, 2.45) is 0 Å². The monoisotopic (exact) mass is 332 g/mol. The number of benzene rings is 1. The number of carbonyl (C=O) groups is 2. The lowest BCUT2D eigenvalue weighted by Crippen LogP contribution is -2.55. The summed E-state index contributed by atoms with van der Waals surface area (Å²) in [5.74, 6) is 0. The highest BCUT2D eigenvalue weighted by atomic mass is 16.6. The van der Waals surface area contributed by atoms with Gasteiger partial charge in [-0.2, -0.15) is 0 Å². The zero-order valence-electron chi connectivity index (χ0n) is 14.4. The molecule has 0 radical (unpaired) electrons. The first-order valence-corrected chi connectivity index (χ1v) is 8.25. The van der Waals surface area contributed by atoms with Crippen LogP contribution in [0.4, 0.5) is 9.59 Å². The van der Waals surface area contributed by atoms with E-state index in [-0.39, 0.29) is 24.3 Å². The van der Waals surface area contributed by atoms with Gasteiger partial charge < -0.3 is 19.7 Å². The van der Waals surface area contributed by atoms with Crippen molar-refractivity contribution in [1.82, 2.24) is 10.2 Å². The molecule has 6 nitrogen and oxygen atoms in total. The number of rotatable bonds is 3. The third-order valence-electron chi connectivity index (χ3n) is 4.37. The Bertz CT molecular complexity index is 618. The molecule has 0 spiro atoms. The zero-order valence-corrected chi connectivity index (χ0v) is 14.4. The van der Waals surface area contributed by atoms with Gasteiger partial charge in [0.15, 0.2) is 0 Å². The number of carbonyl (C=O) groups excluding carboxylic acids is 2. The summed E-state index contributed by atoms with van der Waals surface area (Å²) in [5, 5.41) is 2.93. The van der Waals surface area contributed by atoms with Crippen molar-refractivity contribution < 1.29 is 19.1 Å². The van der Waals surface area contributed by atoms with Gasteiger partial charge in [-0.15, -0.1) is 0 Å². The SMILES string of the molecule is CC(C)(C)OC(=O)NC12CC(C1)N(C(=O)OCc1ccccc1)C2. The van der Waals surface area contributed by atoms with Crippen molar-refractivity contribution in [3.8, 4) is 0 Å². The van der Waals surface area contributed by atoms with E-state index in [1.165, 1.54) is 0 Å². The molecule has 4 rings (SSSR count). The molecule has 2 aliphatic heterocycles. The average molecular weight is 332 g/mol. The van der Waals surface area contributed by atoms with E-state index in [1.54, 1.807) is 4.90 Å². The quantitative estimate of drug-likeness (QED) is 0.924. The van der Waals surface area contributed by atoms with Crippen molar-refractivity contribution in [3.63, 3.8) is 0 Å². The second-order valence-corrected chi connectivity index (χ2v) is 7.64. The summed E-state index contributed by atoms with van der Waals surface area (Å²) in [7, 11) is 0. The van der Waals surface area contributed by atoms with Crippen molar-refractivity contribution >= 4 is 12.2 Å². The summed E-state index contributed by atoms with van der Waals surface area (Å²) in [6, 6.07) is 9.73. The Morgan fingerprint density at radius 1 is 1.25 bits per heavy atom. The maximum atomic E-state index is 12.3. The smallest absolute Gasteiger partial charge is 0.410 e. The molecule has 2 bridgehead atoms. The van der Waals surface area contributed by atoms with Crippen LogP contribution in [0.2, 0.25) is 0 Å². The van der Waals surface area contributed by atoms with Crippen LogP contribution in [0, 0.1) is 0 Å². The Labute approximate surface area is 142 Å². The van der Waals surface area contributed by atoms with E-state index in [0.717, 1.165) is 18.4 Å². The number of nitrogens with one attached hydrogen (secondary N) is 1. The van der Waals surface area contributed by atoms with E-state index in [0.29, 0.717) is 6.54 Å². The lowest BCUT2D eigenvalue weighted by atomic mass is 9.78. The van der Waals surface area contributed by atoms with Crippen molar-refractivity contribution in [3.05, 3.63) is 35.9 Å². The molecule has 3 fully saturated rings. The molecule has 130 valence electrons. The highest BCUT2D eigenvalue weighted by Gasteiger charge is 2.58. The van der Waals surface area contributed by atoms with E-state index in [2.05, 4.69) is 5.32 Å². The van der Waals surface area contributed by atoms with Gasteiger partial charge in [0.1, 0.15) is 12.2 Å². The van der Waals surface area contributed by atoms with Gasteiger partial charge in [0.05, 0.1) is 5.54 Å². The second kappa shape index (κ2) is 6.00. The van der Waals surface area contributed by atoms with Crippen LogP contribution < -0.4 is 5.32 Å². The van der Waals surface area contributed by atoms with Crippen molar-refractivity contribution in [1.29, 1.82) is 0 Å². The van der Waals surface area contributed by atoms with E-state index in [4.69, 9.17) is 9.47 Å². The van der Waals surface area contributed by atoms with Gasteiger partial charge in [-0.05, 0) is 39.2 Å². The number of nitrogens with zero attached hydrogens (tertiary/aromatic N) is 1. The molecule has 24 heavy (non-hydrogen) atoms. The third-order valence-corrected chi connectivity index (χ3v) is 4.37. The first-order chi connectivity index (χ1) is 11.3. The first-order valence-electron chi connectivity index (χ1n) is 8.25. The van der Waals surface area contributed by atoms with Gasteiger partial charge in [0.2, 0.25) is 0 Å². The molecular weight excluding hydrogens is 308 g/mol. The van der Waals surface area contributed by atoms with Crippen LogP contribution >= 0.6 is 0 Å². The minimum Gasteiger partial charge on any atom is -0.445 e. The van der Waals surface area contributed by atoms with Crippen LogP contribution in [0.1, 0.15) is 39.2 Å². The lowest BCUT2D eigenvalue weighted by molar-refractivity contribution is 0.0426. The van der Waals surface area contributed by atoms with Crippen LogP contribution in [0.15, 0.2) is 30.3 Å². The van der Waals surface area contributed by atoms with Crippen molar-refractivity contribution in [2.75, 3.05) is 6.54 Å². The number of fused-ring (bicyclic) bond motifs is 1. The molecule has 1 aromatic carbocycles.